The Morgan fingerprint density at radius 3 is 2.12 bits per heavy atom. The van der Waals surface area contributed by atoms with Crippen molar-refractivity contribution in [1.29, 1.82) is 0 Å². The zero-order valence-corrected chi connectivity index (χ0v) is 29.6. The summed E-state index contributed by atoms with van der Waals surface area (Å²) in [5.41, 5.74) is 6.39. The third-order valence-electron chi connectivity index (χ3n) is 8.18. The quantitative estimate of drug-likeness (QED) is 0.0299. The number of H-pyrrole nitrogens is 1. The highest BCUT2D eigenvalue weighted by atomic mass is 31.2. The molecule has 1 aliphatic rings. The van der Waals surface area contributed by atoms with Crippen molar-refractivity contribution in [2.45, 2.75) is 135 Å². The fourth-order valence-corrected chi connectivity index (χ4v) is 6.06. The lowest BCUT2D eigenvalue weighted by Crippen LogP contribution is -2.33. The van der Waals surface area contributed by atoms with Crippen molar-refractivity contribution in [1.82, 2.24) is 9.55 Å². The van der Waals surface area contributed by atoms with Crippen LogP contribution in [0.15, 0.2) is 20.9 Å². The van der Waals surface area contributed by atoms with E-state index >= 15 is 0 Å². The Hall–Kier alpha value is -2.51. The first kappa shape index (κ1) is 41.7. The van der Waals surface area contributed by atoms with Crippen LogP contribution in [0.5, 0.6) is 0 Å². The second-order valence-electron chi connectivity index (χ2n) is 12.2. The molecule has 1 aliphatic heterocycles. The van der Waals surface area contributed by atoms with E-state index in [0.717, 1.165) is 17.6 Å². The highest BCUT2D eigenvalue weighted by Crippen LogP contribution is 2.44. The summed E-state index contributed by atoms with van der Waals surface area (Å²) in [6.07, 6.45) is 18.5. The Kier molecular flexibility index (Phi) is 21.3. The van der Waals surface area contributed by atoms with E-state index in [2.05, 4.69) is 21.9 Å². The summed E-state index contributed by atoms with van der Waals surface area (Å²) in [5.74, 6) is 0. The zero-order valence-electron chi connectivity index (χ0n) is 28.7. The molecular formula is C32H56N5O10P. The lowest BCUT2D eigenvalue weighted by molar-refractivity contribution is -0.0287. The number of hydrogen-bond acceptors (Lipinski definition) is 10. The molecule has 2 heterocycles. The molecule has 274 valence electrons. The van der Waals surface area contributed by atoms with Gasteiger partial charge in [0.05, 0.1) is 19.3 Å². The van der Waals surface area contributed by atoms with Crippen molar-refractivity contribution in [3.63, 3.8) is 0 Å². The number of aromatic nitrogens is 2. The third-order valence-corrected chi connectivity index (χ3v) is 9.30. The molecule has 15 nitrogen and oxygen atoms in total. The highest BCUT2D eigenvalue weighted by molar-refractivity contribution is 7.70. The molecule has 1 saturated heterocycles. The predicted octanol–water partition coefficient (Wildman–Crippen LogP) is 7.05. The molecule has 1 fully saturated rings. The zero-order chi connectivity index (χ0) is 35.0. The summed E-state index contributed by atoms with van der Waals surface area (Å²) >= 11 is 0. The molecular weight excluding hydrogens is 645 g/mol. The molecule has 0 saturated carbocycles. The fraction of sp³-hybridized carbons (Fsp3) is 0.844. The van der Waals surface area contributed by atoms with Crippen molar-refractivity contribution in [3.05, 3.63) is 43.0 Å². The van der Waals surface area contributed by atoms with Gasteiger partial charge in [0.2, 0.25) is 0 Å². The Morgan fingerprint density at radius 1 is 0.958 bits per heavy atom. The number of carbonyl (C=O) groups is 1. The van der Waals surface area contributed by atoms with Crippen LogP contribution in [-0.4, -0.2) is 71.9 Å². The topological polar surface area (TPSA) is 204 Å². The van der Waals surface area contributed by atoms with Gasteiger partial charge in [0.25, 0.3) is 5.56 Å². The molecule has 0 amide bonds. The van der Waals surface area contributed by atoms with Gasteiger partial charge < -0.3 is 23.8 Å². The van der Waals surface area contributed by atoms with Crippen LogP contribution in [0.25, 0.3) is 10.4 Å². The molecule has 2 N–H and O–H groups in total. The fourth-order valence-electron chi connectivity index (χ4n) is 5.40. The summed E-state index contributed by atoms with van der Waals surface area (Å²) in [5, 5.41) is 3.62. The van der Waals surface area contributed by atoms with E-state index in [1.165, 1.54) is 96.6 Å². The maximum atomic E-state index is 12.3. The Labute approximate surface area is 283 Å². The number of hydrogen-bond donors (Lipinski definition) is 2. The van der Waals surface area contributed by atoms with Crippen LogP contribution in [0.1, 0.15) is 121 Å². The van der Waals surface area contributed by atoms with Gasteiger partial charge in [-0.15, -0.1) is 0 Å². The number of carbonyl (C=O) groups excluding carboxylic acids is 1. The first-order valence-corrected chi connectivity index (χ1v) is 19.1. The third kappa shape index (κ3) is 16.7. The second-order valence-corrected chi connectivity index (χ2v) is 13.9. The summed E-state index contributed by atoms with van der Waals surface area (Å²) in [6.45, 7) is 4.58. The minimum Gasteiger partial charge on any atom is -0.454 e. The number of ether oxygens (including phenoxy) is 4. The largest absolute Gasteiger partial charge is 0.454 e. The maximum absolute atomic E-state index is 12.3. The van der Waals surface area contributed by atoms with Gasteiger partial charge in [-0.25, -0.2) is 14.2 Å². The number of unbranched alkanes of at least 4 members (excludes halogenated alkanes) is 13. The van der Waals surface area contributed by atoms with E-state index in [4.69, 9.17) is 29.0 Å². The van der Waals surface area contributed by atoms with Gasteiger partial charge in [-0.2, -0.15) is 0 Å². The van der Waals surface area contributed by atoms with Crippen LogP contribution in [-0.2, 0) is 28.0 Å². The molecule has 4 atom stereocenters. The minimum absolute atomic E-state index is 0.00347. The van der Waals surface area contributed by atoms with Crippen LogP contribution >= 0.6 is 7.60 Å². The van der Waals surface area contributed by atoms with E-state index < -0.39 is 49.5 Å². The molecule has 16 heteroatoms. The van der Waals surface area contributed by atoms with Crippen molar-refractivity contribution in [2.75, 3.05) is 39.6 Å². The summed E-state index contributed by atoms with van der Waals surface area (Å²) in [4.78, 5) is 51.0. The Balaban J connectivity index is 1.47. The Morgan fingerprint density at radius 2 is 1.52 bits per heavy atom. The molecule has 1 aromatic rings. The molecule has 4 unspecified atom stereocenters. The van der Waals surface area contributed by atoms with Crippen molar-refractivity contribution in [3.8, 4) is 0 Å². The standard InChI is InChI=1S/C32H56N5O10P/c1-3-4-5-6-7-8-9-10-11-12-13-14-15-16-18-43-19-17-20-44-21-22-46-48(41,42)32(40)45-25-28-27(35-36-33)23-29(47-28)37-24-26(2)30(38)34-31(37)39/h24,27-29H,3-23,25H2,1-2H3,(H,41,42)(H,34,38,39). The van der Waals surface area contributed by atoms with Crippen molar-refractivity contribution < 1.29 is 37.7 Å². The first-order chi connectivity index (χ1) is 23.2. The highest BCUT2D eigenvalue weighted by Gasteiger charge is 2.39. The summed E-state index contributed by atoms with van der Waals surface area (Å²) in [7, 11) is -4.78. The summed E-state index contributed by atoms with van der Waals surface area (Å²) < 4.78 is 40.0. The molecule has 48 heavy (non-hydrogen) atoms. The first-order valence-electron chi connectivity index (χ1n) is 17.5. The molecule has 0 radical (unpaired) electrons. The van der Waals surface area contributed by atoms with E-state index in [1.54, 1.807) is 0 Å². The van der Waals surface area contributed by atoms with Gasteiger partial charge in [-0.3, -0.25) is 18.9 Å². The average Bonchev–Trinajstić information content (AvgIpc) is 3.46. The molecule has 0 aliphatic carbocycles. The Bertz CT molecular complexity index is 1270. The maximum Gasteiger partial charge on any atom is 0.435 e. The van der Waals surface area contributed by atoms with E-state index in [0.29, 0.717) is 19.6 Å². The van der Waals surface area contributed by atoms with Crippen LogP contribution in [0, 0.1) is 6.92 Å². The van der Waals surface area contributed by atoms with Crippen molar-refractivity contribution >= 4 is 13.3 Å². The number of nitrogens with one attached hydrogen (secondary N) is 1. The molecule has 0 bridgehead atoms. The lowest BCUT2D eigenvalue weighted by atomic mass is 10.0. The van der Waals surface area contributed by atoms with Gasteiger partial charge >= 0.3 is 19.0 Å². The number of nitrogens with zero attached hydrogens (tertiary/aromatic N) is 4. The molecule has 0 aromatic carbocycles. The number of rotatable bonds is 28. The SMILES string of the molecule is CCCCCCCCCCCCCCCCOCCCOCCOP(=O)(O)C(=O)OCC1OC(n2cc(C)c(=O)[nH]c2=O)CC1N=[N+]=[N-]. The molecule has 2 rings (SSSR count). The monoisotopic (exact) mass is 701 g/mol. The van der Waals surface area contributed by atoms with Crippen LogP contribution in [0.2, 0.25) is 0 Å². The van der Waals surface area contributed by atoms with Crippen molar-refractivity contribution in [2.24, 2.45) is 5.11 Å². The predicted molar refractivity (Wildman–Crippen MR) is 181 cm³/mol. The number of aromatic amines is 1. The van der Waals surface area contributed by atoms with E-state index in [-0.39, 0.29) is 25.2 Å². The minimum atomic E-state index is -4.78. The number of azide groups is 1. The lowest BCUT2D eigenvalue weighted by Gasteiger charge is -2.17. The van der Waals surface area contributed by atoms with Crippen LogP contribution in [0.4, 0.5) is 4.79 Å². The smallest absolute Gasteiger partial charge is 0.435 e. The second kappa shape index (κ2) is 24.6. The summed E-state index contributed by atoms with van der Waals surface area (Å²) in [6, 6.07) is -0.845. The van der Waals surface area contributed by atoms with Crippen LogP contribution < -0.4 is 11.2 Å². The van der Waals surface area contributed by atoms with Gasteiger partial charge in [0, 0.05) is 42.9 Å². The van der Waals surface area contributed by atoms with Crippen LogP contribution in [0.3, 0.4) is 0 Å². The molecule has 1 aromatic heterocycles. The van der Waals surface area contributed by atoms with E-state index in [1.807, 2.05) is 0 Å². The van der Waals surface area contributed by atoms with Gasteiger partial charge in [-0.1, -0.05) is 95.5 Å². The van der Waals surface area contributed by atoms with E-state index in [9.17, 15) is 23.8 Å². The number of aryl methyl sites for hydroxylation is 1. The van der Waals surface area contributed by atoms with Gasteiger partial charge in [0.1, 0.15) is 18.9 Å². The van der Waals surface area contributed by atoms with Gasteiger partial charge in [-0.05, 0) is 25.3 Å². The molecule has 0 spiro atoms. The normalized spacial score (nSPS) is 18.8. The van der Waals surface area contributed by atoms with Gasteiger partial charge in [0.15, 0.2) is 0 Å². The average molecular weight is 702 g/mol.